The molecule has 0 amide bonds. The zero-order valence-electron chi connectivity index (χ0n) is 9.92. The lowest BCUT2D eigenvalue weighted by Crippen LogP contribution is -2.06. The van der Waals surface area contributed by atoms with E-state index in [-0.39, 0.29) is 0 Å². The molecule has 96 valence electrons. The van der Waals surface area contributed by atoms with E-state index in [2.05, 4.69) is 26.2 Å². The van der Waals surface area contributed by atoms with Crippen LogP contribution >= 0.6 is 15.9 Å². The SMILES string of the molecule is NCc1cn(CCOCc2cccc(Br)c2)nn1. The minimum absolute atomic E-state index is 0.416. The highest BCUT2D eigenvalue weighted by molar-refractivity contribution is 9.10. The van der Waals surface area contributed by atoms with Crippen molar-refractivity contribution in [3.63, 3.8) is 0 Å². The molecule has 1 aromatic carbocycles. The van der Waals surface area contributed by atoms with Gasteiger partial charge in [0.2, 0.25) is 0 Å². The lowest BCUT2D eigenvalue weighted by Gasteiger charge is -2.04. The number of hydrogen-bond acceptors (Lipinski definition) is 4. The number of nitrogens with zero attached hydrogens (tertiary/aromatic N) is 3. The number of halogens is 1. The highest BCUT2D eigenvalue weighted by atomic mass is 79.9. The van der Waals surface area contributed by atoms with Gasteiger partial charge in [0.15, 0.2) is 0 Å². The highest BCUT2D eigenvalue weighted by Gasteiger charge is 1.99. The van der Waals surface area contributed by atoms with Crippen LogP contribution in [0.2, 0.25) is 0 Å². The topological polar surface area (TPSA) is 66.0 Å². The quantitative estimate of drug-likeness (QED) is 0.825. The van der Waals surface area contributed by atoms with Crippen molar-refractivity contribution >= 4 is 15.9 Å². The van der Waals surface area contributed by atoms with Crippen LogP contribution < -0.4 is 5.73 Å². The zero-order chi connectivity index (χ0) is 12.8. The van der Waals surface area contributed by atoms with E-state index in [1.807, 2.05) is 30.5 Å². The minimum atomic E-state index is 0.416. The minimum Gasteiger partial charge on any atom is -0.375 e. The normalized spacial score (nSPS) is 10.8. The first-order valence-corrected chi connectivity index (χ1v) is 6.48. The maximum Gasteiger partial charge on any atom is 0.0962 e. The van der Waals surface area contributed by atoms with Gasteiger partial charge >= 0.3 is 0 Å². The van der Waals surface area contributed by atoms with Gasteiger partial charge in [-0.3, -0.25) is 0 Å². The fourth-order valence-corrected chi connectivity index (χ4v) is 1.96. The maximum absolute atomic E-state index is 5.58. The molecular formula is C12H15BrN4O. The molecule has 0 unspecified atom stereocenters. The van der Waals surface area contributed by atoms with Gasteiger partial charge < -0.3 is 10.5 Å². The molecule has 0 aliphatic carbocycles. The van der Waals surface area contributed by atoms with E-state index in [0.717, 1.165) is 15.7 Å². The predicted molar refractivity (Wildman–Crippen MR) is 71.7 cm³/mol. The summed E-state index contributed by atoms with van der Waals surface area (Å²) in [6.07, 6.45) is 1.84. The van der Waals surface area contributed by atoms with E-state index in [9.17, 15) is 0 Å². The van der Waals surface area contributed by atoms with Gasteiger partial charge in [0.25, 0.3) is 0 Å². The van der Waals surface area contributed by atoms with Crippen LogP contribution in [0.25, 0.3) is 0 Å². The first kappa shape index (κ1) is 13.2. The second kappa shape index (κ2) is 6.63. The van der Waals surface area contributed by atoms with Crippen LogP contribution in [0.15, 0.2) is 34.9 Å². The van der Waals surface area contributed by atoms with Crippen LogP contribution in [0, 0.1) is 0 Å². The molecule has 0 saturated carbocycles. The summed E-state index contributed by atoms with van der Waals surface area (Å²) in [7, 11) is 0. The average molecular weight is 311 g/mol. The molecule has 2 aromatic rings. The Kier molecular flexibility index (Phi) is 4.86. The molecule has 1 aromatic heterocycles. The van der Waals surface area contributed by atoms with E-state index >= 15 is 0 Å². The third kappa shape index (κ3) is 3.90. The smallest absolute Gasteiger partial charge is 0.0962 e. The first-order chi connectivity index (χ1) is 8.78. The molecule has 0 aliphatic heterocycles. The molecule has 0 bridgehead atoms. The molecule has 0 radical (unpaired) electrons. The Labute approximate surface area is 114 Å². The summed E-state index contributed by atoms with van der Waals surface area (Å²) in [6, 6.07) is 8.07. The molecule has 6 heteroatoms. The Hall–Kier alpha value is -1.24. The van der Waals surface area contributed by atoms with Crippen molar-refractivity contribution in [2.45, 2.75) is 19.7 Å². The van der Waals surface area contributed by atoms with Gasteiger partial charge in [-0.05, 0) is 17.7 Å². The summed E-state index contributed by atoms with van der Waals surface area (Å²) in [6.45, 7) is 2.29. The van der Waals surface area contributed by atoms with Crippen molar-refractivity contribution in [3.8, 4) is 0 Å². The van der Waals surface area contributed by atoms with Crippen LogP contribution in [0.4, 0.5) is 0 Å². The first-order valence-electron chi connectivity index (χ1n) is 5.69. The van der Waals surface area contributed by atoms with Gasteiger partial charge in [0, 0.05) is 17.2 Å². The molecule has 18 heavy (non-hydrogen) atoms. The second-order valence-corrected chi connectivity index (χ2v) is 4.78. The van der Waals surface area contributed by atoms with Gasteiger partial charge in [-0.15, -0.1) is 5.10 Å². The van der Waals surface area contributed by atoms with Crippen LogP contribution in [-0.4, -0.2) is 21.6 Å². The third-order valence-corrected chi connectivity index (χ3v) is 2.91. The van der Waals surface area contributed by atoms with E-state index in [0.29, 0.717) is 26.3 Å². The Morgan fingerprint density at radius 3 is 3.00 bits per heavy atom. The third-order valence-electron chi connectivity index (χ3n) is 2.42. The van der Waals surface area contributed by atoms with Crippen LogP contribution in [0.3, 0.4) is 0 Å². The summed E-state index contributed by atoms with van der Waals surface area (Å²) in [5, 5.41) is 7.85. The van der Waals surface area contributed by atoms with E-state index in [4.69, 9.17) is 10.5 Å². The summed E-state index contributed by atoms with van der Waals surface area (Å²) >= 11 is 3.43. The molecular weight excluding hydrogens is 296 g/mol. The molecule has 2 N–H and O–H groups in total. The van der Waals surface area contributed by atoms with Crippen molar-refractivity contribution in [1.82, 2.24) is 15.0 Å². The van der Waals surface area contributed by atoms with E-state index < -0.39 is 0 Å². The number of nitrogens with two attached hydrogens (primary N) is 1. The summed E-state index contributed by atoms with van der Waals surface area (Å²) in [5.41, 5.74) is 7.39. The largest absolute Gasteiger partial charge is 0.375 e. The van der Waals surface area contributed by atoms with Crippen molar-refractivity contribution < 1.29 is 4.74 Å². The van der Waals surface area contributed by atoms with Crippen LogP contribution in [-0.2, 0) is 24.4 Å². The number of ether oxygens (including phenoxy) is 1. The van der Waals surface area contributed by atoms with Crippen LogP contribution in [0.1, 0.15) is 11.3 Å². The van der Waals surface area contributed by atoms with Crippen molar-refractivity contribution in [3.05, 3.63) is 46.2 Å². The van der Waals surface area contributed by atoms with E-state index in [1.54, 1.807) is 4.68 Å². The monoisotopic (exact) mass is 310 g/mol. The van der Waals surface area contributed by atoms with E-state index in [1.165, 1.54) is 0 Å². The molecule has 1 heterocycles. The van der Waals surface area contributed by atoms with Crippen LogP contribution in [0.5, 0.6) is 0 Å². The Bertz CT molecular complexity index is 500. The van der Waals surface area contributed by atoms with Crippen molar-refractivity contribution in [2.24, 2.45) is 5.73 Å². The molecule has 5 nitrogen and oxygen atoms in total. The zero-order valence-corrected chi connectivity index (χ0v) is 11.5. The molecule has 0 saturated heterocycles. The maximum atomic E-state index is 5.58. The number of hydrogen-bond donors (Lipinski definition) is 1. The molecule has 2 rings (SSSR count). The van der Waals surface area contributed by atoms with Gasteiger partial charge in [-0.1, -0.05) is 33.3 Å². The lowest BCUT2D eigenvalue weighted by molar-refractivity contribution is 0.110. The molecule has 0 fully saturated rings. The second-order valence-electron chi connectivity index (χ2n) is 3.86. The number of rotatable bonds is 6. The van der Waals surface area contributed by atoms with Gasteiger partial charge in [-0.25, -0.2) is 4.68 Å². The van der Waals surface area contributed by atoms with Gasteiger partial charge in [0.1, 0.15) is 0 Å². The Balaban J connectivity index is 1.72. The summed E-state index contributed by atoms with van der Waals surface area (Å²) in [5.74, 6) is 0. The molecule has 0 spiro atoms. The highest BCUT2D eigenvalue weighted by Crippen LogP contribution is 2.12. The Morgan fingerprint density at radius 1 is 1.39 bits per heavy atom. The summed E-state index contributed by atoms with van der Waals surface area (Å²) in [4.78, 5) is 0. The van der Waals surface area contributed by atoms with Gasteiger partial charge in [0.05, 0.1) is 25.5 Å². The fraction of sp³-hybridized carbons (Fsp3) is 0.333. The molecule has 0 aliphatic rings. The van der Waals surface area contributed by atoms with Gasteiger partial charge in [-0.2, -0.15) is 0 Å². The average Bonchev–Trinajstić information content (AvgIpc) is 2.83. The van der Waals surface area contributed by atoms with Crippen molar-refractivity contribution in [2.75, 3.05) is 6.61 Å². The number of aromatic nitrogens is 3. The summed E-state index contributed by atoms with van der Waals surface area (Å²) < 4.78 is 8.38. The fourth-order valence-electron chi connectivity index (χ4n) is 1.52. The molecule has 0 atom stereocenters. The number of benzene rings is 1. The van der Waals surface area contributed by atoms with Crippen molar-refractivity contribution in [1.29, 1.82) is 0 Å². The Morgan fingerprint density at radius 2 is 2.28 bits per heavy atom. The lowest BCUT2D eigenvalue weighted by atomic mass is 10.2. The predicted octanol–water partition coefficient (Wildman–Crippen LogP) is 1.72. The standard InChI is InChI=1S/C12H15BrN4O/c13-11-3-1-2-10(6-11)9-18-5-4-17-8-12(7-14)15-16-17/h1-3,6,8H,4-5,7,9,14H2.